The van der Waals surface area contributed by atoms with Gasteiger partial charge in [0.05, 0.1) is 17.6 Å². The van der Waals surface area contributed by atoms with Crippen LogP contribution in [0.5, 0.6) is 5.75 Å². The molecule has 0 fully saturated rings. The molecule has 3 aromatic rings. The number of allylic oxidation sites excluding steroid dienone is 1. The molecule has 0 bridgehead atoms. The third-order valence-electron chi connectivity index (χ3n) is 3.77. The number of rotatable bonds is 5. The van der Waals surface area contributed by atoms with E-state index in [1.807, 2.05) is 56.3 Å². The van der Waals surface area contributed by atoms with E-state index in [1.54, 1.807) is 7.11 Å². The van der Waals surface area contributed by atoms with Crippen molar-refractivity contribution >= 4 is 46.0 Å². The maximum absolute atomic E-state index is 6.21. The summed E-state index contributed by atoms with van der Waals surface area (Å²) in [5, 5.41) is 5.47. The second-order valence-corrected chi connectivity index (χ2v) is 6.98. The molecule has 0 saturated heterocycles. The van der Waals surface area contributed by atoms with Gasteiger partial charge in [0, 0.05) is 17.0 Å². The maximum atomic E-state index is 6.21. The number of nitrogens with one attached hydrogen (secondary N) is 1. The molecular formula is C20H19Cl2N3O. The summed E-state index contributed by atoms with van der Waals surface area (Å²) in [4.78, 5) is 9.22. The monoisotopic (exact) mass is 387 g/mol. The van der Waals surface area contributed by atoms with E-state index in [9.17, 15) is 0 Å². The molecule has 1 aromatic heterocycles. The zero-order valence-electron chi connectivity index (χ0n) is 14.8. The average Bonchev–Trinajstić information content (AvgIpc) is 2.59. The summed E-state index contributed by atoms with van der Waals surface area (Å²) >= 11 is 12.4. The van der Waals surface area contributed by atoms with E-state index in [1.165, 1.54) is 0 Å². The fraction of sp³-hybridized carbons (Fsp3) is 0.200. The Morgan fingerprint density at radius 3 is 2.62 bits per heavy atom. The molecule has 134 valence electrons. The van der Waals surface area contributed by atoms with Crippen molar-refractivity contribution in [1.82, 2.24) is 9.97 Å². The van der Waals surface area contributed by atoms with Crippen LogP contribution in [0.3, 0.4) is 0 Å². The topological polar surface area (TPSA) is 47.0 Å². The van der Waals surface area contributed by atoms with Gasteiger partial charge in [0.25, 0.3) is 0 Å². The molecule has 2 aromatic carbocycles. The minimum atomic E-state index is 0.566. The van der Waals surface area contributed by atoms with Crippen molar-refractivity contribution < 1.29 is 4.74 Å². The molecule has 0 aliphatic heterocycles. The standard InChI is InChI=1S/C20H19Cl2N3O/c1-12(2)8-19-24-17-6-5-14(21)10-15(17)20(25-19)23-11-13-4-7-18(26-3)16(22)9-13/h4-10H,11H2,1-3H3,(H,23,24,25). The molecule has 0 aliphatic carbocycles. The highest BCUT2D eigenvalue weighted by Gasteiger charge is 2.09. The van der Waals surface area contributed by atoms with Crippen LogP contribution in [-0.2, 0) is 6.54 Å². The molecule has 0 amide bonds. The number of hydrogen-bond donors (Lipinski definition) is 1. The van der Waals surface area contributed by atoms with Gasteiger partial charge in [-0.25, -0.2) is 9.97 Å². The molecular weight excluding hydrogens is 369 g/mol. The predicted molar refractivity (Wildman–Crippen MR) is 109 cm³/mol. The number of anilines is 1. The molecule has 0 saturated carbocycles. The van der Waals surface area contributed by atoms with Crippen LogP contribution in [-0.4, -0.2) is 17.1 Å². The van der Waals surface area contributed by atoms with Crippen molar-refractivity contribution in [3.8, 4) is 5.75 Å². The number of aromatic nitrogens is 2. The Bertz CT molecular complexity index is 982. The van der Waals surface area contributed by atoms with Crippen molar-refractivity contribution in [3.05, 3.63) is 63.4 Å². The van der Waals surface area contributed by atoms with Gasteiger partial charge >= 0.3 is 0 Å². The Kier molecular flexibility index (Phi) is 5.64. The first-order valence-corrected chi connectivity index (χ1v) is 8.90. The van der Waals surface area contributed by atoms with Crippen LogP contribution >= 0.6 is 23.2 Å². The van der Waals surface area contributed by atoms with Crippen LogP contribution in [0.15, 0.2) is 42.0 Å². The second-order valence-electron chi connectivity index (χ2n) is 6.14. The molecule has 1 heterocycles. The van der Waals surface area contributed by atoms with E-state index >= 15 is 0 Å². The molecule has 26 heavy (non-hydrogen) atoms. The van der Waals surface area contributed by atoms with Crippen molar-refractivity contribution in [2.24, 2.45) is 0 Å². The van der Waals surface area contributed by atoms with Crippen LogP contribution in [0.1, 0.15) is 25.2 Å². The number of ether oxygens (including phenoxy) is 1. The molecule has 3 rings (SSSR count). The van der Waals surface area contributed by atoms with Crippen LogP contribution in [0.25, 0.3) is 17.0 Å². The lowest BCUT2D eigenvalue weighted by atomic mass is 10.2. The summed E-state index contributed by atoms with van der Waals surface area (Å²) in [6.07, 6.45) is 1.95. The molecule has 0 aliphatic rings. The second kappa shape index (κ2) is 7.94. The average molecular weight is 388 g/mol. The first kappa shape index (κ1) is 18.5. The normalized spacial score (nSPS) is 10.7. The summed E-state index contributed by atoms with van der Waals surface area (Å²) in [6.45, 7) is 4.60. The molecule has 1 N–H and O–H groups in total. The maximum Gasteiger partial charge on any atom is 0.154 e. The predicted octanol–water partition coefficient (Wildman–Crippen LogP) is 5.98. The van der Waals surface area contributed by atoms with Gasteiger partial charge in [-0.1, -0.05) is 34.8 Å². The van der Waals surface area contributed by atoms with Gasteiger partial charge in [0.2, 0.25) is 0 Å². The largest absolute Gasteiger partial charge is 0.495 e. The first-order chi connectivity index (χ1) is 12.5. The number of nitrogens with zero attached hydrogens (tertiary/aromatic N) is 2. The summed E-state index contributed by atoms with van der Waals surface area (Å²) < 4.78 is 5.19. The lowest BCUT2D eigenvalue weighted by molar-refractivity contribution is 0.415. The molecule has 0 unspecified atom stereocenters. The Morgan fingerprint density at radius 2 is 1.92 bits per heavy atom. The van der Waals surface area contributed by atoms with E-state index in [2.05, 4.69) is 15.3 Å². The van der Waals surface area contributed by atoms with Crippen molar-refractivity contribution in [1.29, 1.82) is 0 Å². The molecule has 0 radical (unpaired) electrons. The zero-order valence-corrected chi connectivity index (χ0v) is 16.3. The highest BCUT2D eigenvalue weighted by atomic mass is 35.5. The SMILES string of the molecule is COc1ccc(CNc2nc(C=C(C)C)nc3ccc(Cl)cc23)cc1Cl. The highest BCUT2D eigenvalue weighted by molar-refractivity contribution is 6.32. The summed E-state index contributed by atoms with van der Waals surface area (Å²) in [5.74, 6) is 2.05. The molecule has 4 nitrogen and oxygen atoms in total. The third-order valence-corrected chi connectivity index (χ3v) is 4.30. The van der Waals surface area contributed by atoms with Crippen molar-refractivity contribution in [2.45, 2.75) is 20.4 Å². The van der Waals surface area contributed by atoms with Crippen molar-refractivity contribution in [2.75, 3.05) is 12.4 Å². The van der Waals surface area contributed by atoms with Crippen LogP contribution in [0.4, 0.5) is 5.82 Å². The van der Waals surface area contributed by atoms with E-state index in [0.29, 0.717) is 28.2 Å². The van der Waals surface area contributed by atoms with Gasteiger partial charge < -0.3 is 10.1 Å². The highest BCUT2D eigenvalue weighted by Crippen LogP contribution is 2.27. The fourth-order valence-electron chi connectivity index (χ4n) is 2.58. The number of methoxy groups -OCH3 is 1. The minimum absolute atomic E-state index is 0.566. The minimum Gasteiger partial charge on any atom is -0.495 e. The lowest BCUT2D eigenvalue weighted by Gasteiger charge is -2.11. The Labute approximate surface area is 162 Å². The number of halogens is 2. The first-order valence-electron chi connectivity index (χ1n) is 8.15. The molecule has 6 heteroatoms. The zero-order chi connectivity index (χ0) is 18.7. The van der Waals surface area contributed by atoms with E-state index in [-0.39, 0.29) is 0 Å². The summed E-state index contributed by atoms with van der Waals surface area (Å²) in [5.41, 5.74) is 2.99. The summed E-state index contributed by atoms with van der Waals surface area (Å²) in [6, 6.07) is 11.3. The van der Waals surface area contributed by atoms with Gasteiger partial charge in [-0.15, -0.1) is 0 Å². The Balaban J connectivity index is 1.96. The van der Waals surface area contributed by atoms with Crippen LogP contribution < -0.4 is 10.1 Å². The van der Waals surface area contributed by atoms with Crippen LogP contribution in [0.2, 0.25) is 10.0 Å². The Hall–Kier alpha value is -2.30. The molecule has 0 atom stereocenters. The lowest BCUT2D eigenvalue weighted by Crippen LogP contribution is -2.04. The number of benzene rings is 2. The summed E-state index contributed by atoms with van der Waals surface area (Å²) in [7, 11) is 1.60. The van der Waals surface area contributed by atoms with Gasteiger partial charge in [0.1, 0.15) is 11.6 Å². The van der Waals surface area contributed by atoms with E-state index in [4.69, 9.17) is 27.9 Å². The van der Waals surface area contributed by atoms with E-state index < -0.39 is 0 Å². The molecule has 0 spiro atoms. The van der Waals surface area contributed by atoms with E-state index in [0.717, 1.165) is 27.9 Å². The fourth-order valence-corrected chi connectivity index (χ4v) is 3.03. The third kappa shape index (κ3) is 4.26. The van der Waals surface area contributed by atoms with Gasteiger partial charge in [-0.05, 0) is 55.8 Å². The van der Waals surface area contributed by atoms with Crippen LogP contribution in [0, 0.1) is 0 Å². The smallest absolute Gasteiger partial charge is 0.154 e. The van der Waals surface area contributed by atoms with Gasteiger partial charge in [-0.3, -0.25) is 0 Å². The number of hydrogen-bond acceptors (Lipinski definition) is 4. The number of fused-ring (bicyclic) bond motifs is 1. The van der Waals surface area contributed by atoms with Crippen molar-refractivity contribution in [3.63, 3.8) is 0 Å². The Morgan fingerprint density at radius 1 is 1.12 bits per heavy atom. The van der Waals surface area contributed by atoms with Gasteiger partial charge in [0.15, 0.2) is 5.82 Å². The van der Waals surface area contributed by atoms with Gasteiger partial charge in [-0.2, -0.15) is 0 Å². The quantitative estimate of drug-likeness (QED) is 0.584.